The Hall–Kier alpha value is -3.27. The van der Waals surface area contributed by atoms with Gasteiger partial charge in [-0.15, -0.1) is 0 Å². The van der Waals surface area contributed by atoms with Gasteiger partial charge in [0.1, 0.15) is 5.75 Å². The quantitative estimate of drug-likeness (QED) is 0.442. The molecular weight excluding hydrogens is 424 g/mol. The SMILES string of the molecule is OCCN1CCN(c2nccnc2Oc2ccc(Nc3nc4ccccc4s3)cc2)CC1. The Labute approximate surface area is 190 Å². The summed E-state index contributed by atoms with van der Waals surface area (Å²) < 4.78 is 7.24. The van der Waals surface area contributed by atoms with Gasteiger partial charge in [0, 0.05) is 50.8 Å². The van der Waals surface area contributed by atoms with Crippen LogP contribution in [-0.4, -0.2) is 64.3 Å². The molecule has 0 saturated carbocycles. The van der Waals surface area contributed by atoms with Crippen LogP contribution in [0.15, 0.2) is 60.9 Å². The van der Waals surface area contributed by atoms with Crippen LogP contribution in [-0.2, 0) is 0 Å². The van der Waals surface area contributed by atoms with Crippen molar-refractivity contribution in [1.82, 2.24) is 19.9 Å². The maximum absolute atomic E-state index is 9.14. The number of hydrogen-bond acceptors (Lipinski definition) is 9. The van der Waals surface area contributed by atoms with E-state index in [0.29, 0.717) is 18.2 Å². The Morgan fingerprint density at radius 2 is 1.75 bits per heavy atom. The number of benzene rings is 2. The number of aliphatic hydroxyl groups excluding tert-OH is 1. The molecule has 32 heavy (non-hydrogen) atoms. The van der Waals surface area contributed by atoms with Crippen molar-refractivity contribution in [2.75, 3.05) is 49.5 Å². The van der Waals surface area contributed by atoms with Crippen LogP contribution in [0, 0.1) is 0 Å². The molecule has 0 unspecified atom stereocenters. The minimum atomic E-state index is 0.184. The van der Waals surface area contributed by atoms with Crippen molar-refractivity contribution in [3.63, 3.8) is 0 Å². The molecule has 2 N–H and O–H groups in total. The molecule has 1 saturated heterocycles. The van der Waals surface area contributed by atoms with Gasteiger partial charge in [0.05, 0.1) is 16.8 Å². The van der Waals surface area contributed by atoms with E-state index >= 15 is 0 Å². The summed E-state index contributed by atoms with van der Waals surface area (Å²) in [6.07, 6.45) is 3.33. The largest absolute Gasteiger partial charge is 0.436 e. The van der Waals surface area contributed by atoms with Crippen LogP contribution in [0.1, 0.15) is 0 Å². The second-order valence-corrected chi connectivity index (χ2v) is 8.51. The van der Waals surface area contributed by atoms with E-state index in [-0.39, 0.29) is 6.61 Å². The second-order valence-electron chi connectivity index (χ2n) is 7.48. The Morgan fingerprint density at radius 1 is 0.969 bits per heavy atom. The third kappa shape index (κ3) is 4.64. The summed E-state index contributed by atoms with van der Waals surface area (Å²) in [5, 5.41) is 13.4. The molecule has 0 radical (unpaired) electrons. The smallest absolute Gasteiger partial charge is 0.263 e. The van der Waals surface area contributed by atoms with Crippen LogP contribution in [0.25, 0.3) is 10.2 Å². The molecule has 3 heterocycles. The standard InChI is InChI=1S/C23H24N6O2S/c30-16-15-28-11-13-29(14-12-28)21-22(25-10-9-24-21)31-18-7-5-17(6-8-18)26-23-27-19-3-1-2-4-20(19)32-23/h1-10,30H,11-16H2,(H,26,27). The zero-order valence-electron chi connectivity index (χ0n) is 17.5. The number of hydrogen-bond donors (Lipinski definition) is 2. The molecule has 0 spiro atoms. The lowest BCUT2D eigenvalue weighted by Gasteiger charge is -2.35. The molecule has 5 rings (SSSR count). The molecule has 0 aliphatic carbocycles. The van der Waals surface area contributed by atoms with Crippen molar-refractivity contribution in [3.8, 4) is 11.6 Å². The van der Waals surface area contributed by atoms with Gasteiger partial charge in [-0.25, -0.2) is 15.0 Å². The van der Waals surface area contributed by atoms with Crippen molar-refractivity contribution < 1.29 is 9.84 Å². The summed E-state index contributed by atoms with van der Waals surface area (Å²) >= 11 is 1.63. The lowest BCUT2D eigenvalue weighted by molar-refractivity contribution is 0.188. The monoisotopic (exact) mass is 448 g/mol. The predicted molar refractivity (Wildman–Crippen MR) is 127 cm³/mol. The van der Waals surface area contributed by atoms with Gasteiger partial charge in [0.25, 0.3) is 5.88 Å². The van der Waals surface area contributed by atoms with Crippen molar-refractivity contribution in [1.29, 1.82) is 0 Å². The van der Waals surface area contributed by atoms with Crippen LogP contribution in [0.2, 0.25) is 0 Å². The molecule has 0 atom stereocenters. The summed E-state index contributed by atoms with van der Waals surface area (Å²) in [7, 11) is 0. The lowest BCUT2D eigenvalue weighted by Crippen LogP contribution is -2.47. The Bertz CT molecular complexity index is 1140. The van der Waals surface area contributed by atoms with Gasteiger partial charge in [-0.05, 0) is 36.4 Å². The second kappa shape index (κ2) is 9.47. The summed E-state index contributed by atoms with van der Waals surface area (Å²) in [6.45, 7) is 4.28. The maximum Gasteiger partial charge on any atom is 0.263 e. The number of fused-ring (bicyclic) bond motifs is 1. The fourth-order valence-corrected chi connectivity index (χ4v) is 4.58. The Balaban J connectivity index is 1.26. The topological polar surface area (TPSA) is 86.6 Å². The molecule has 1 aliphatic rings. The lowest BCUT2D eigenvalue weighted by atomic mass is 10.3. The van der Waals surface area contributed by atoms with Gasteiger partial charge in [-0.2, -0.15) is 0 Å². The van der Waals surface area contributed by atoms with E-state index < -0.39 is 0 Å². The van der Waals surface area contributed by atoms with Crippen molar-refractivity contribution in [2.24, 2.45) is 0 Å². The zero-order chi connectivity index (χ0) is 21.8. The van der Waals surface area contributed by atoms with Gasteiger partial charge in [-0.1, -0.05) is 23.5 Å². The molecule has 0 amide bonds. The molecule has 2 aromatic carbocycles. The fourth-order valence-electron chi connectivity index (χ4n) is 3.70. The van der Waals surface area contributed by atoms with Crippen molar-refractivity contribution >= 4 is 38.2 Å². The first kappa shape index (κ1) is 20.6. The Kier molecular flexibility index (Phi) is 6.11. The number of thiazole rings is 1. The maximum atomic E-state index is 9.14. The number of aromatic nitrogens is 3. The minimum absolute atomic E-state index is 0.184. The van der Waals surface area contributed by atoms with E-state index in [0.717, 1.165) is 53.0 Å². The summed E-state index contributed by atoms with van der Waals surface area (Å²) in [5.41, 5.74) is 1.93. The number of β-amino-alcohol motifs (C(OH)–C–C–N with tert-alkyl or cyclic N) is 1. The highest BCUT2D eigenvalue weighted by Crippen LogP contribution is 2.31. The predicted octanol–water partition coefficient (Wildman–Crippen LogP) is 3.74. The van der Waals surface area contributed by atoms with Crippen LogP contribution < -0.4 is 15.0 Å². The summed E-state index contributed by atoms with van der Waals surface area (Å²) in [6, 6.07) is 15.8. The van der Waals surface area contributed by atoms with E-state index in [9.17, 15) is 0 Å². The molecular formula is C23H24N6O2S. The molecule has 1 aliphatic heterocycles. The van der Waals surface area contributed by atoms with E-state index in [1.807, 2.05) is 42.5 Å². The van der Waals surface area contributed by atoms with Crippen molar-refractivity contribution in [2.45, 2.75) is 0 Å². The average Bonchev–Trinajstić information content (AvgIpc) is 3.24. The van der Waals surface area contributed by atoms with E-state index in [1.165, 1.54) is 0 Å². The van der Waals surface area contributed by atoms with Crippen molar-refractivity contribution in [3.05, 3.63) is 60.9 Å². The number of aliphatic hydroxyl groups is 1. The first-order valence-electron chi connectivity index (χ1n) is 10.6. The highest BCUT2D eigenvalue weighted by molar-refractivity contribution is 7.22. The molecule has 1 fully saturated rings. The summed E-state index contributed by atoms with van der Waals surface area (Å²) in [4.78, 5) is 18.0. The number of piperazine rings is 1. The van der Waals surface area contributed by atoms with Crippen LogP contribution in [0.3, 0.4) is 0 Å². The minimum Gasteiger partial charge on any atom is -0.436 e. The van der Waals surface area contributed by atoms with E-state index in [1.54, 1.807) is 23.7 Å². The first-order chi connectivity index (χ1) is 15.8. The third-order valence-corrected chi connectivity index (χ3v) is 6.30. The highest BCUT2D eigenvalue weighted by atomic mass is 32.1. The summed E-state index contributed by atoms with van der Waals surface area (Å²) in [5.74, 6) is 1.93. The third-order valence-electron chi connectivity index (χ3n) is 5.35. The number of rotatable bonds is 7. The normalized spacial score (nSPS) is 14.6. The highest BCUT2D eigenvalue weighted by Gasteiger charge is 2.21. The van der Waals surface area contributed by atoms with Gasteiger partial charge in [0.2, 0.25) is 0 Å². The number of ether oxygens (including phenoxy) is 1. The van der Waals surface area contributed by atoms with Crippen LogP contribution in [0.4, 0.5) is 16.6 Å². The zero-order valence-corrected chi connectivity index (χ0v) is 18.3. The molecule has 0 bridgehead atoms. The Morgan fingerprint density at radius 3 is 2.53 bits per heavy atom. The van der Waals surface area contributed by atoms with Gasteiger partial charge < -0.3 is 20.1 Å². The van der Waals surface area contributed by atoms with Crippen LogP contribution in [0.5, 0.6) is 11.6 Å². The molecule has 2 aromatic heterocycles. The molecule has 9 heteroatoms. The fraction of sp³-hybridized carbons (Fsp3) is 0.261. The number of nitrogens with one attached hydrogen (secondary N) is 1. The van der Waals surface area contributed by atoms with Crippen LogP contribution >= 0.6 is 11.3 Å². The number of para-hydroxylation sites is 1. The number of nitrogens with zero attached hydrogens (tertiary/aromatic N) is 5. The van der Waals surface area contributed by atoms with E-state index in [2.05, 4.69) is 36.1 Å². The molecule has 4 aromatic rings. The average molecular weight is 449 g/mol. The first-order valence-corrected chi connectivity index (χ1v) is 11.4. The van der Waals surface area contributed by atoms with Gasteiger partial charge in [0.15, 0.2) is 10.9 Å². The van der Waals surface area contributed by atoms with Gasteiger partial charge >= 0.3 is 0 Å². The van der Waals surface area contributed by atoms with Gasteiger partial charge in [-0.3, -0.25) is 4.90 Å². The van der Waals surface area contributed by atoms with E-state index in [4.69, 9.17) is 9.84 Å². The molecule has 8 nitrogen and oxygen atoms in total. The number of anilines is 3. The molecule has 164 valence electrons.